The van der Waals surface area contributed by atoms with Crippen LogP contribution in [0.1, 0.15) is 48.0 Å². The number of carbonyl (C=O) groups is 1. The topological polar surface area (TPSA) is 40.9 Å². The summed E-state index contributed by atoms with van der Waals surface area (Å²) in [5.41, 5.74) is 0.579. The second-order valence-corrected chi connectivity index (χ2v) is 7.29. The first kappa shape index (κ1) is 13.6. The zero-order valence-electron chi connectivity index (χ0n) is 11.1. The van der Waals surface area contributed by atoms with Gasteiger partial charge in [0.2, 0.25) is 0 Å². The molecule has 0 aromatic heterocycles. The molecule has 2 fully saturated rings. The van der Waals surface area contributed by atoms with Crippen LogP contribution in [0.5, 0.6) is 0 Å². The van der Waals surface area contributed by atoms with E-state index in [2.05, 4.69) is 0 Å². The lowest BCUT2D eigenvalue weighted by atomic mass is 9.84. The molecule has 0 saturated carbocycles. The molecule has 2 bridgehead atoms. The van der Waals surface area contributed by atoms with Gasteiger partial charge in [-0.15, -0.1) is 0 Å². The third-order valence-corrected chi connectivity index (χ3v) is 5.84. The molecule has 0 aliphatic carbocycles. The van der Waals surface area contributed by atoms with Crippen LogP contribution in [0, 0.1) is 23.1 Å². The monoisotopic (exact) mass is 289 g/mol. The van der Waals surface area contributed by atoms with Gasteiger partial charge < -0.3 is 0 Å². The second-order valence-electron chi connectivity index (χ2n) is 5.68. The van der Waals surface area contributed by atoms with Crippen molar-refractivity contribution in [2.24, 2.45) is 5.92 Å². The van der Waals surface area contributed by atoms with E-state index in [-0.39, 0.29) is 17.3 Å². The number of ketones is 1. The molecular weight excluding hydrogens is 273 g/mol. The van der Waals surface area contributed by atoms with Gasteiger partial charge in [0.15, 0.2) is 5.78 Å². The number of Topliss-reactive ketones (excluding diaryl/α,β-unsaturated/α-hetero) is 1. The number of benzene rings is 1. The van der Waals surface area contributed by atoms with Crippen LogP contribution >= 0.6 is 11.8 Å². The van der Waals surface area contributed by atoms with E-state index < -0.39 is 5.82 Å². The fourth-order valence-corrected chi connectivity index (χ4v) is 5.14. The highest BCUT2D eigenvalue weighted by molar-refractivity contribution is 8.00. The van der Waals surface area contributed by atoms with Crippen molar-refractivity contribution < 1.29 is 9.18 Å². The Morgan fingerprint density at radius 2 is 1.95 bits per heavy atom. The molecule has 0 radical (unpaired) electrons. The van der Waals surface area contributed by atoms with E-state index in [4.69, 9.17) is 5.26 Å². The number of nitrogens with zero attached hydrogens (tertiary/aromatic N) is 1. The van der Waals surface area contributed by atoms with Crippen molar-refractivity contribution >= 4 is 17.5 Å². The highest BCUT2D eigenvalue weighted by atomic mass is 32.2. The molecule has 2 unspecified atom stereocenters. The first-order valence-electron chi connectivity index (χ1n) is 7.06. The Morgan fingerprint density at radius 3 is 2.60 bits per heavy atom. The van der Waals surface area contributed by atoms with Crippen molar-refractivity contribution in [2.75, 3.05) is 0 Å². The first-order valence-corrected chi connectivity index (χ1v) is 8.00. The Kier molecular flexibility index (Phi) is 3.80. The minimum Gasteiger partial charge on any atom is -0.294 e. The molecule has 2 aliphatic heterocycles. The standard InChI is InChI=1S/C16H16FNOS/c17-13-5-10(9-18)4-11(6-13)16(19)12-7-14-2-1-3-15(8-12)20-14/h4-6,12,14-15H,1-3,7-8H2. The molecule has 0 amide bonds. The lowest BCUT2D eigenvalue weighted by molar-refractivity contribution is 0.0896. The molecular formula is C16H16FNOS. The molecule has 104 valence electrons. The predicted molar refractivity (Wildman–Crippen MR) is 77.2 cm³/mol. The van der Waals surface area contributed by atoms with Crippen molar-refractivity contribution in [2.45, 2.75) is 42.6 Å². The van der Waals surface area contributed by atoms with E-state index >= 15 is 0 Å². The molecule has 2 saturated heterocycles. The van der Waals surface area contributed by atoms with Crippen molar-refractivity contribution in [1.82, 2.24) is 0 Å². The van der Waals surface area contributed by atoms with Gasteiger partial charge in [-0.2, -0.15) is 17.0 Å². The SMILES string of the molecule is N#Cc1cc(F)cc(C(=O)C2CC3CCCC(C2)S3)c1. The molecule has 2 atom stereocenters. The molecule has 3 rings (SSSR count). The molecule has 0 spiro atoms. The highest BCUT2D eigenvalue weighted by Crippen LogP contribution is 2.44. The molecule has 2 heterocycles. The highest BCUT2D eigenvalue weighted by Gasteiger charge is 2.36. The van der Waals surface area contributed by atoms with Crippen LogP contribution in [0.3, 0.4) is 0 Å². The summed E-state index contributed by atoms with van der Waals surface area (Å²) < 4.78 is 13.5. The first-order chi connectivity index (χ1) is 9.65. The fourth-order valence-electron chi connectivity index (χ4n) is 3.31. The number of halogens is 1. The van der Waals surface area contributed by atoms with Gasteiger partial charge >= 0.3 is 0 Å². The Balaban J connectivity index is 1.82. The summed E-state index contributed by atoms with van der Waals surface area (Å²) in [5, 5.41) is 10.0. The Bertz CT molecular complexity index is 568. The maximum Gasteiger partial charge on any atom is 0.166 e. The minimum absolute atomic E-state index is 0.0000992. The van der Waals surface area contributed by atoms with E-state index in [0.717, 1.165) is 12.8 Å². The summed E-state index contributed by atoms with van der Waals surface area (Å²) in [7, 11) is 0. The van der Waals surface area contributed by atoms with Gasteiger partial charge in [-0.25, -0.2) is 4.39 Å². The van der Waals surface area contributed by atoms with Gasteiger partial charge in [0.25, 0.3) is 0 Å². The van der Waals surface area contributed by atoms with Crippen molar-refractivity contribution in [3.05, 3.63) is 35.1 Å². The van der Waals surface area contributed by atoms with E-state index in [1.54, 1.807) is 0 Å². The van der Waals surface area contributed by atoms with E-state index in [9.17, 15) is 9.18 Å². The lowest BCUT2D eigenvalue weighted by Crippen LogP contribution is -2.33. The quantitative estimate of drug-likeness (QED) is 0.774. The van der Waals surface area contributed by atoms with Gasteiger partial charge in [-0.1, -0.05) is 6.42 Å². The van der Waals surface area contributed by atoms with E-state index in [1.165, 1.54) is 37.5 Å². The van der Waals surface area contributed by atoms with Crippen molar-refractivity contribution in [1.29, 1.82) is 5.26 Å². The maximum atomic E-state index is 13.5. The van der Waals surface area contributed by atoms with Gasteiger partial charge in [0.05, 0.1) is 11.6 Å². The second kappa shape index (κ2) is 5.57. The maximum absolute atomic E-state index is 13.5. The average molecular weight is 289 g/mol. The van der Waals surface area contributed by atoms with Gasteiger partial charge in [0, 0.05) is 22.0 Å². The number of hydrogen-bond acceptors (Lipinski definition) is 3. The summed E-state index contributed by atoms with van der Waals surface area (Å²) in [6.07, 6.45) is 5.45. The summed E-state index contributed by atoms with van der Waals surface area (Å²) in [6, 6.07) is 5.86. The third-order valence-electron chi connectivity index (χ3n) is 4.21. The van der Waals surface area contributed by atoms with Gasteiger partial charge in [-0.3, -0.25) is 4.79 Å². The largest absolute Gasteiger partial charge is 0.294 e. The van der Waals surface area contributed by atoms with E-state index in [1.807, 2.05) is 17.8 Å². The van der Waals surface area contributed by atoms with Gasteiger partial charge in [0.1, 0.15) is 5.82 Å². The molecule has 2 nitrogen and oxygen atoms in total. The van der Waals surface area contributed by atoms with Gasteiger partial charge in [-0.05, 0) is 43.9 Å². The number of rotatable bonds is 2. The van der Waals surface area contributed by atoms with Crippen LogP contribution in [0.4, 0.5) is 4.39 Å². The Morgan fingerprint density at radius 1 is 1.25 bits per heavy atom. The summed E-state index contributed by atoms with van der Waals surface area (Å²) in [5.74, 6) is -0.490. The van der Waals surface area contributed by atoms with Crippen LogP contribution in [0.25, 0.3) is 0 Å². The lowest BCUT2D eigenvalue weighted by Gasteiger charge is -2.37. The fraction of sp³-hybridized carbons (Fsp3) is 0.500. The Hall–Kier alpha value is -1.34. The van der Waals surface area contributed by atoms with E-state index in [0.29, 0.717) is 16.1 Å². The Labute approximate surface area is 122 Å². The summed E-state index contributed by atoms with van der Waals surface area (Å²) in [4.78, 5) is 12.6. The molecule has 20 heavy (non-hydrogen) atoms. The summed E-state index contributed by atoms with van der Waals surface area (Å²) >= 11 is 2.02. The summed E-state index contributed by atoms with van der Waals surface area (Å²) in [6.45, 7) is 0. The zero-order valence-corrected chi connectivity index (χ0v) is 12.0. The molecule has 1 aromatic rings. The van der Waals surface area contributed by atoms with Crippen LogP contribution in [-0.4, -0.2) is 16.3 Å². The molecule has 1 aromatic carbocycles. The zero-order chi connectivity index (χ0) is 14.1. The van der Waals surface area contributed by atoms with Crippen LogP contribution < -0.4 is 0 Å². The molecule has 4 heteroatoms. The number of nitriles is 1. The normalized spacial score (nSPS) is 28.7. The third kappa shape index (κ3) is 2.73. The number of carbonyl (C=O) groups excluding carboxylic acids is 1. The smallest absolute Gasteiger partial charge is 0.166 e. The minimum atomic E-state index is -0.502. The number of thioether (sulfide) groups is 1. The van der Waals surface area contributed by atoms with Crippen LogP contribution in [0.2, 0.25) is 0 Å². The van der Waals surface area contributed by atoms with Crippen LogP contribution in [-0.2, 0) is 0 Å². The molecule has 0 N–H and O–H groups in total. The van der Waals surface area contributed by atoms with Crippen molar-refractivity contribution in [3.63, 3.8) is 0 Å². The van der Waals surface area contributed by atoms with Crippen molar-refractivity contribution in [3.8, 4) is 6.07 Å². The molecule has 2 aliphatic rings. The number of hydrogen-bond donors (Lipinski definition) is 0. The predicted octanol–water partition coefficient (Wildman–Crippen LogP) is 3.94. The number of fused-ring (bicyclic) bond motifs is 2. The van der Waals surface area contributed by atoms with Crippen LogP contribution in [0.15, 0.2) is 18.2 Å². The average Bonchev–Trinajstić information content (AvgIpc) is 2.45.